The lowest BCUT2D eigenvalue weighted by atomic mass is 10.1. The second kappa shape index (κ2) is 12.4. The van der Waals surface area contributed by atoms with E-state index in [1.807, 2.05) is 30.3 Å². The van der Waals surface area contributed by atoms with Crippen molar-refractivity contribution in [1.82, 2.24) is 14.3 Å². The first-order chi connectivity index (χ1) is 18.4. The molecule has 0 amide bonds. The standard InChI is InChI=1S/C30H30ClN3O4/c1-3-5-16-27-32-34(25-15-10-9-14-24(25)31)30(37)33(27)20-21-17-18-26(23(19-21)11-4-2)38-28(29(35)36)22-12-7-6-8-13-22/h4,6-10,12-15,17-19,28H,2-3,5,11,16,20H2,1H3,(H,35,36). The summed E-state index contributed by atoms with van der Waals surface area (Å²) >= 11 is 6.36. The highest BCUT2D eigenvalue weighted by molar-refractivity contribution is 6.32. The number of aliphatic carboxylic acids is 1. The van der Waals surface area contributed by atoms with E-state index in [0.717, 1.165) is 24.0 Å². The number of nitrogens with zero attached hydrogens (tertiary/aromatic N) is 3. The Bertz CT molecular complexity index is 1480. The smallest absolute Gasteiger partial charge is 0.351 e. The molecule has 1 heterocycles. The van der Waals surface area contributed by atoms with Gasteiger partial charge in [-0.3, -0.25) is 4.57 Å². The number of allylic oxidation sites excluding steroid dienone is 1. The summed E-state index contributed by atoms with van der Waals surface area (Å²) in [7, 11) is 0. The quantitative estimate of drug-likeness (QED) is 0.226. The Labute approximate surface area is 226 Å². The van der Waals surface area contributed by atoms with Crippen LogP contribution in [0.1, 0.15) is 48.4 Å². The summed E-state index contributed by atoms with van der Waals surface area (Å²) in [6.45, 7) is 6.23. The van der Waals surface area contributed by atoms with Gasteiger partial charge in [-0.15, -0.1) is 11.7 Å². The van der Waals surface area contributed by atoms with Crippen molar-refractivity contribution >= 4 is 17.6 Å². The number of benzene rings is 3. The number of hydrogen-bond donors (Lipinski definition) is 1. The van der Waals surface area contributed by atoms with E-state index in [4.69, 9.17) is 16.3 Å². The number of aromatic nitrogens is 3. The molecule has 4 aromatic rings. The zero-order chi connectivity index (χ0) is 27.1. The molecule has 0 aliphatic heterocycles. The molecule has 1 aromatic heterocycles. The lowest BCUT2D eigenvalue weighted by Gasteiger charge is -2.18. The first-order valence-corrected chi connectivity index (χ1v) is 12.9. The van der Waals surface area contributed by atoms with Crippen molar-refractivity contribution in [2.75, 3.05) is 0 Å². The second-order valence-electron chi connectivity index (χ2n) is 8.93. The summed E-state index contributed by atoms with van der Waals surface area (Å²) in [4.78, 5) is 25.4. The minimum atomic E-state index is -1.15. The third-order valence-electron chi connectivity index (χ3n) is 6.17. The highest BCUT2D eigenvalue weighted by Crippen LogP contribution is 2.28. The molecule has 0 saturated heterocycles. The fraction of sp³-hybridized carbons (Fsp3) is 0.233. The number of carboxylic acid groups (broad SMARTS) is 1. The Hall–Kier alpha value is -4.10. The van der Waals surface area contributed by atoms with Crippen LogP contribution in [0.4, 0.5) is 0 Å². The molecule has 8 heteroatoms. The van der Waals surface area contributed by atoms with Gasteiger partial charge in [0.1, 0.15) is 11.6 Å². The number of halogens is 1. The summed E-state index contributed by atoms with van der Waals surface area (Å²) in [5.74, 6) is 0.0524. The summed E-state index contributed by atoms with van der Waals surface area (Å²) in [6, 6.07) is 21.5. The van der Waals surface area contributed by atoms with Crippen LogP contribution in [0.3, 0.4) is 0 Å². The van der Waals surface area contributed by atoms with E-state index < -0.39 is 12.1 Å². The summed E-state index contributed by atoms with van der Waals surface area (Å²) in [5, 5.41) is 14.9. The highest BCUT2D eigenvalue weighted by atomic mass is 35.5. The Morgan fingerprint density at radius 2 is 1.87 bits per heavy atom. The van der Waals surface area contributed by atoms with Gasteiger partial charge in [-0.2, -0.15) is 4.68 Å². The predicted octanol–water partition coefficient (Wildman–Crippen LogP) is 6.01. The van der Waals surface area contributed by atoms with Crippen molar-refractivity contribution in [3.05, 3.63) is 123 Å². The van der Waals surface area contributed by atoms with Crippen molar-refractivity contribution in [2.45, 2.75) is 45.3 Å². The van der Waals surface area contributed by atoms with E-state index >= 15 is 0 Å². The van der Waals surface area contributed by atoms with Gasteiger partial charge in [-0.05, 0) is 48.2 Å². The Balaban J connectivity index is 1.69. The van der Waals surface area contributed by atoms with Gasteiger partial charge in [0.25, 0.3) is 0 Å². The van der Waals surface area contributed by atoms with Gasteiger partial charge in [0.05, 0.1) is 17.3 Å². The van der Waals surface area contributed by atoms with E-state index in [9.17, 15) is 14.7 Å². The number of unbranched alkanes of at least 4 members (excludes halogenated alkanes) is 1. The topological polar surface area (TPSA) is 86.4 Å². The van der Waals surface area contributed by atoms with Gasteiger partial charge in [0.15, 0.2) is 0 Å². The van der Waals surface area contributed by atoms with E-state index in [-0.39, 0.29) is 5.69 Å². The Morgan fingerprint density at radius 3 is 2.55 bits per heavy atom. The molecule has 0 radical (unpaired) electrons. The molecule has 1 N–H and O–H groups in total. The number of para-hydroxylation sites is 1. The fourth-order valence-corrected chi connectivity index (χ4v) is 4.47. The minimum Gasteiger partial charge on any atom is -0.478 e. The van der Waals surface area contributed by atoms with E-state index in [2.05, 4.69) is 18.6 Å². The zero-order valence-electron chi connectivity index (χ0n) is 21.2. The highest BCUT2D eigenvalue weighted by Gasteiger charge is 2.23. The maximum absolute atomic E-state index is 13.5. The number of aryl methyl sites for hydroxylation is 1. The van der Waals surface area contributed by atoms with E-state index in [1.165, 1.54) is 4.68 Å². The molecule has 0 aliphatic rings. The van der Waals surface area contributed by atoms with Crippen molar-refractivity contribution in [2.24, 2.45) is 0 Å². The van der Waals surface area contributed by atoms with Crippen molar-refractivity contribution in [1.29, 1.82) is 0 Å². The molecule has 7 nitrogen and oxygen atoms in total. The number of carboxylic acids is 1. The lowest BCUT2D eigenvalue weighted by molar-refractivity contribution is -0.145. The Morgan fingerprint density at radius 1 is 1.13 bits per heavy atom. The van der Waals surface area contributed by atoms with Crippen LogP contribution in [0.25, 0.3) is 5.69 Å². The first kappa shape index (κ1) is 26.9. The normalized spacial score (nSPS) is 11.7. The molecule has 4 rings (SSSR count). The van der Waals surface area contributed by atoms with Crippen molar-refractivity contribution in [3.63, 3.8) is 0 Å². The average Bonchev–Trinajstić information content (AvgIpc) is 3.22. The molecule has 0 aliphatic carbocycles. The third kappa shape index (κ3) is 6.06. The molecule has 1 atom stereocenters. The average molecular weight is 532 g/mol. The SMILES string of the molecule is C=CCc1cc(Cn2c(CCCC)nn(-c3ccccc3Cl)c2=O)ccc1OC(C(=O)O)c1ccccc1. The van der Waals surface area contributed by atoms with Crippen molar-refractivity contribution in [3.8, 4) is 11.4 Å². The fourth-order valence-electron chi connectivity index (χ4n) is 4.26. The minimum absolute atomic E-state index is 0.273. The number of ether oxygens (including phenoxy) is 1. The van der Waals surface area contributed by atoms with Gasteiger partial charge in [0, 0.05) is 12.0 Å². The predicted molar refractivity (Wildman–Crippen MR) is 148 cm³/mol. The van der Waals surface area contributed by atoms with Crippen molar-refractivity contribution < 1.29 is 14.6 Å². The summed E-state index contributed by atoms with van der Waals surface area (Å²) < 4.78 is 9.00. The largest absolute Gasteiger partial charge is 0.478 e. The maximum Gasteiger partial charge on any atom is 0.351 e. The van der Waals surface area contributed by atoms with Gasteiger partial charge in [0.2, 0.25) is 6.10 Å². The molecule has 3 aromatic carbocycles. The summed E-state index contributed by atoms with van der Waals surface area (Å²) in [5.41, 5.74) is 2.45. The molecule has 0 bridgehead atoms. The zero-order valence-corrected chi connectivity index (χ0v) is 22.0. The molecular weight excluding hydrogens is 502 g/mol. The van der Waals surface area contributed by atoms with Crippen LogP contribution in [0.5, 0.6) is 5.75 Å². The second-order valence-corrected chi connectivity index (χ2v) is 9.34. The molecule has 0 spiro atoms. The first-order valence-electron chi connectivity index (χ1n) is 12.5. The monoisotopic (exact) mass is 531 g/mol. The number of hydrogen-bond acceptors (Lipinski definition) is 4. The van der Waals surface area contributed by atoms with Gasteiger partial charge in [-0.25, -0.2) is 9.59 Å². The molecule has 1 unspecified atom stereocenters. The van der Waals surface area contributed by atoms with Crippen LogP contribution in [0, 0.1) is 0 Å². The van der Waals surface area contributed by atoms with E-state index in [1.54, 1.807) is 53.1 Å². The van der Waals surface area contributed by atoms with Crippen LogP contribution in [-0.4, -0.2) is 25.4 Å². The number of rotatable bonds is 12. The van der Waals surface area contributed by atoms with Crippen LogP contribution in [0.15, 0.2) is 90.2 Å². The molecule has 196 valence electrons. The van der Waals surface area contributed by atoms with Crippen LogP contribution in [-0.2, 0) is 24.2 Å². The lowest BCUT2D eigenvalue weighted by Crippen LogP contribution is -2.25. The third-order valence-corrected chi connectivity index (χ3v) is 6.49. The van der Waals surface area contributed by atoms with Crippen LogP contribution < -0.4 is 10.4 Å². The summed E-state index contributed by atoms with van der Waals surface area (Å²) in [6.07, 6.45) is 3.57. The molecular formula is C30H30ClN3O4. The maximum atomic E-state index is 13.5. The van der Waals surface area contributed by atoms with Gasteiger partial charge in [-0.1, -0.05) is 79.6 Å². The van der Waals surface area contributed by atoms with Gasteiger partial charge >= 0.3 is 11.7 Å². The Kier molecular flexibility index (Phi) is 8.81. The van der Waals surface area contributed by atoms with Gasteiger partial charge < -0.3 is 9.84 Å². The number of carbonyl (C=O) groups is 1. The van der Waals surface area contributed by atoms with Crippen LogP contribution >= 0.6 is 11.6 Å². The van der Waals surface area contributed by atoms with Crippen LogP contribution in [0.2, 0.25) is 5.02 Å². The molecule has 0 fully saturated rings. The molecule has 0 saturated carbocycles. The molecule has 38 heavy (non-hydrogen) atoms. The van der Waals surface area contributed by atoms with E-state index in [0.29, 0.717) is 47.2 Å².